The Bertz CT molecular complexity index is 387. The van der Waals surface area contributed by atoms with Crippen LogP contribution < -0.4 is 5.73 Å². The van der Waals surface area contributed by atoms with E-state index in [4.69, 9.17) is 17.3 Å². The van der Waals surface area contributed by atoms with Crippen LogP contribution in [0.15, 0.2) is 24.3 Å². The predicted octanol–water partition coefficient (Wildman–Crippen LogP) is 4.96. The van der Waals surface area contributed by atoms with Crippen LogP contribution in [0.3, 0.4) is 0 Å². The Kier molecular flexibility index (Phi) is 5.29. The number of hydrogen-bond acceptors (Lipinski definition) is 1. The second-order valence-electron chi connectivity index (χ2n) is 6.25. The zero-order valence-electron chi connectivity index (χ0n) is 12.0. The van der Waals surface area contributed by atoms with Gasteiger partial charge in [-0.2, -0.15) is 0 Å². The molecule has 2 atom stereocenters. The largest absolute Gasteiger partial charge is 0.325 e. The minimum Gasteiger partial charge on any atom is -0.325 e. The summed E-state index contributed by atoms with van der Waals surface area (Å²) < 4.78 is 0. The maximum atomic E-state index is 6.65. The summed E-state index contributed by atoms with van der Waals surface area (Å²) in [5, 5.41) is 0.804. The SMILES string of the molecule is CCCC1CCCC(N)(Cc2ccc(Cl)cc2)CC1. The van der Waals surface area contributed by atoms with Crippen molar-refractivity contribution in [3.05, 3.63) is 34.9 Å². The van der Waals surface area contributed by atoms with Gasteiger partial charge in [-0.05, 0) is 49.3 Å². The molecule has 106 valence electrons. The van der Waals surface area contributed by atoms with Gasteiger partial charge in [0.25, 0.3) is 0 Å². The summed E-state index contributed by atoms with van der Waals surface area (Å²) in [5.74, 6) is 0.903. The van der Waals surface area contributed by atoms with Crippen LogP contribution in [0.4, 0.5) is 0 Å². The first kappa shape index (κ1) is 14.9. The predicted molar refractivity (Wildman–Crippen MR) is 83.6 cm³/mol. The van der Waals surface area contributed by atoms with Crippen molar-refractivity contribution < 1.29 is 0 Å². The monoisotopic (exact) mass is 279 g/mol. The van der Waals surface area contributed by atoms with Crippen LogP contribution >= 0.6 is 11.6 Å². The van der Waals surface area contributed by atoms with Crippen LogP contribution in [0.1, 0.15) is 57.4 Å². The average molecular weight is 280 g/mol. The lowest BCUT2D eigenvalue weighted by Crippen LogP contribution is -2.41. The van der Waals surface area contributed by atoms with Crippen molar-refractivity contribution in [2.75, 3.05) is 0 Å². The Morgan fingerprint density at radius 3 is 2.63 bits per heavy atom. The van der Waals surface area contributed by atoms with Gasteiger partial charge in [0.2, 0.25) is 0 Å². The van der Waals surface area contributed by atoms with Gasteiger partial charge in [0.15, 0.2) is 0 Å². The van der Waals surface area contributed by atoms with Crippen molar-refractivity contribution in [1.82, 2.24) is 0 Å². The Morgan fingerprint density at radius 1 is 1.21 bits per heavy atom. The summed E-state index contributed by atoms with van der Waals surface area (Å²) in [4.78, 5) is 0. The first-order chi connectivity index (χ1) is 9.11. The molecule has 0 amide bonds. The molecule has 1 nitrogen and oxygen atoms in total. The fourth-order valence-electron chi connectivity index (χ4n) is 3.39. The molecular weight excluding hydrogens is 254 g/mol. The Morgan fingerprint density at radius 2 is 1.95 bits per heavy atom. The first-order valence-electron chi connectivity index (χ1n) is 7.65. The second-order valence-corrected chi connectivity index (χ2v) is 6.69. The molecule has 1 aromatic carbocycles. The van der Waals surface area contributed by atoms with Crippen LogP contribution in [0.5, 0.6) is 0 Å². The van der Waals surface area contributed by atoms with Gasteiger partial charge < -0.3 is 5.73 Å². The fourth-order valence-corrected chi connectivity index (χ4v) is 3.51. The lowest BCUT2D eigenvalue weighted by Gasteiger charge is -2.28. The van der Waals surface area contributed by atoms with E-state index in [-0.39, 0.29) is 5.54 Å². The van der Waals surface area contributed by atoms with Crippen LogP contribution in [-0.4, -0.2) is 5.54 Å². The molecule has 0 saturated heterocycles. The van der Waals surface area contributed by atoms with E-state index in [2.05, 4.69) is 19.1 Å². The van der Waals surface area contributed by atoms with Crippen LogP contribution in [0, 0.1) is 5.92 Å². The number of benzene rings is 1. The van der Waals surface area contributed by atoms with Crippen molar-refractivity contribution in [3.63, 3.8) is 0 Å². The van der Waals surface area contributed by atoms with E-state index < -0.39 is 0 Å². The minimum absolute atomic E-state index is 0.00365. The van der Waals surface area contributed by atoms with Gasteiger partial charge in [0, 0.05) is 10.6 Å². The van der Waals surface area contributed by atoms with E-state index >= 15 is 0 Å². The Labute approximate surface area is 122 Å². The van der Waals surface area contributed by atoms with E-state index in [9.17, 15) is 0 Å². The highest BCUT2D eigenvalue weighted by Crippen LogP contribution is 2.33. The summed E-state index contributed by atoms with van der Waals surface area (Å²) in [5.41, 5.74) is 7.97. The molecule has 2 N–H and O–H groups in total. The summed E-state index contributed by atoms with van der Waals surface area (Å²) in [6.45, 7) is 2.29. The zero-order valence-corrected chi connectivity index (χ0v) is 12.8. The van der Waals surface area contributed by atoms with E-state index in [0.717, 1.165) is 23.8 Å². The molecular formula is C17H26ClN. The van der Waals surface area contributed by atoms with Crippen molar-refractivity contribution in [3.8, 4) is 0 Å². The molecule has 1 aromatic rings. The summed E-state index contributed by atoms with van der Waals surface area (Å²) in [6, 6.07) is 8.17. The first-order valence-corrected chi connectivity index (χ1v) is 8.02. The van der Waals surface area contributed by atoms with Gasteiger partial charge in [-0.1, -0.05) is 56.3 Å². The molecule has 0 aliphatic heterocycles. The van der Waals surface area contributed by atoms with Crippen LogP contribution in [0.2, 0.25) is 5.02 Å². The molecule has 1 aliphatic rings. The van der Waals surface area contributed by atoms with Gasteiger partial charge >= 0.3 is 0 Å². The zero-order chi connectivity index (χ0) is 13.7. The van der Waals surface area contributed by atoms with Gasteiger partial charge in [0.05, 0.1) is 0 Å². The standard InChI is InChI=1S/C17H26ClN/c1-2-4-14-5-3-11-17(19,12-10-14)13-15-6-8-16(18)9-7-15/h6-9,14H,2-5,10-13,19H2,1H3. The number of halogens is 1. The summed E-state index contributed by atoms with van der Waals surface area (Å²) in [6.07, 6.45) is 9.95. The van der Waals surface area contributed by atoms with E-state index in [0.29, 0.717) is 0 Å². The lowest BCUT2D eigenvalue weighted by molar-refractivity contribution is 0.355. The van der Waals surface area contributed by atoms with E-state index in [1.165, 1.54) is 44.1 Å². The lowest BCUT2D eigenvalue weighted by atomic mass is 9.84. The van der Waals surface area contributed by atoms with Crippen molar-refractivity contribution in [2.24, 2.45) is 11.7 Å². The molecule has 2 rings (SSSR count). The topological polar surface area (TPSA) is 26.0 Å². The molecule has 0 heterocycles. The fraction of sp³-hybridized carbons (Fsp3) is 0.647. The Hall–Kier alpha value is -0.530. The van der Waals surface area contributed by atoms with Crippen molar-refractivity contribution >= 4 is 11.6 Å². The molecule has 2 heteroatoms. The quantitative estimate of drug-likeness (QED) is 0.775. The summed E-state index contributed by atoms with van der Waals surface area (Å²) >= 11 is 5.94. The van der Waals surface area contributed by atoms with Gasteiger partial charge in [0.1, 0.15) is 0 Å². The third-order valence-electron chi connectivity index (χ3n) is 4.50. The number of hydrogen-bond donors (Lipinski definition) is 1. The normalized spacial score (nSPS) is 28.1. The summed E-state index contributed by atoms with van der Waals surface area (Å²) in [7, 11) is 0. The smallest absolute Gasteiger partial charge is 0.0406 e. The molecule has 0 bridgehead atoms. The van der Waals surface area contributed by atoms with Crippen LogP contribution in [-0.2, 0) is 6.42 Å². The molecule has 0 radical (unpaired) electrons. The third-order valence-corrected chi connectivity index (χ3v) is 4.76. The van der Waals surface area contributed by atoms with Crippen LogP contribution in [0.25, 0.3) is 0 Å². The Balaban J connectivity index is 1.96. The van der Waals surface area contributed by atoms with Gasteiger partial charge in [-0.25, -0.2) is 0 Å². The van der Waals surface area contributed by atoms with E-state index in [1.807, 2.05) is 12.1 Å². The average Bonchev–Trinajstić information content (AvgIpc) is 2.56. The van der Waals surface area contributed by atoms with Crippen molar-refractivity contribution in [1.29, 1.82) is 0 Å². The molecule has 0 aromatic heterocycles. The molecule has 1 fully saturated rings. The highest BCUT2D eigenvalue weighted by atomic mass is 35.5. The maximum absolute atomic E-state index is 6.65. The number of rotatable bonds is 4. The number of nitrogens with two attached hydrogens (primary N) is 1. The molecule has 1 saturated carbocycles. The highest BCUT2D eigenvalue weighted by Gasteiger charge is 2.29. The van der Waals surface area contributed by atoms with Gasteiger partial charge in [-0.3, -0.25) is 0 Å². The molecule has 1 aliphatic carbocycles. The van der Waals surface area contributed by atoms with E-state index in [1.54, 1.807) is 0 Å². The molecule has 19 heavy (non-hydrogen) atoms. The molecule has 0 spiro atoms. The highest BCUT2D eigenvalue weighted by molar-refractivity contribution is 6.30. The molecule has 2 unspecified atom stereocenters. The van der Waals surface area contributed by atoms with Crippen molar-refractivity contribution in [2.45, 2.75) is 63.8 Å². The third kappa shape index (κ3) is 4.50. The van der Waals surface area contributed by atoms with Gasteiger partial charge in [-0.15, -0.1) is 0 Å². The second kappa shape index (κ2) is 6.76. The minimum atomic E-state index is -0.00365. The maximum Gasteiger partial charge on any atom is 0.0406 e.